The van der Waals surface area contributed by atoms with E-state index in [0.717, 1.165) is 36.9 Å². The van der Waals surface area contributed by atoms with Crippen molar-refractivity contribution in [1.82, 2.24) is 0 Å². The molecular weight excluding hydrogens is 236 g/mol. The molecule has 102 valence electrons. The number of nitrogens with zero attached hydrogens (tertiary/aromatic N) is 1. The van der Waals surface area contributed by atoms with Crippen molar-refractivity contribution < 1.29 is 5.11 Å². The monoisotopic (exact) mass is 258 g/mol. The van der Waals surface area contributed by atoms with Crippen LogP contribution in [0.2, 0.25) is 0 Å². The molecule has 3 heteroatoms. The zero-order chi connectivity index (χ0) is 13.7. The normalized spacial score (nSPS) is 18.4. The number of aliphatic hydroxyl groups is 1. The second kappa shape index (κ2) is 6.08. The van der Waals surface area contributed by atoms with Gasteiger partial charge in [-0.3, -0.25) is 0 Å². The van der Waals surface area contributed by atoms with Gasteiger partial charge in [0.1, 0.15) is 0 Å². The van der Waals surface area contributed by atoms with Crippen LogP contribution in [0.1, 0.15) is 49.7 Å². The number of hydrogen-bond donors (Lipinski definition) is 2. The fourth-order valence-corrected chi connectivity index (χ4v) is 2.73. The van der Waals surface area contributed by atoms with E-state index in [-0.39, 0.29) is 0 Å². The van der Waals surface area contributed by atoms with Gasteiger partial charge in [-0.05, 0) is 43.5 Å². The second-order valence-electron chi connectivity index (χ2n) is 5.63. The van der Waals surface area contributed by atoms with Crippen molar-refractivity contribution in [2.24, 2.45) is 0 Å². The molecule has 1 aromatic rings. The number of hydrogen-bond acceptors (Lipinski definition) is 3. The van der Waals surface area contributed by atoms with E-state index < -0.39 is 5.60 Å². The summed E-state index contributed by atoms with van der Waals surface area (Å²) in [4.78, 5) is 0. The van der Waals surface area contributed by atoms with Crippen LogP contribution in [-0.4, -0.2) is 17.3 Å². The summed E-state index contributed by atoms with van der Waals surface area (Å²) in [6, 6.07) is 7.87. The average Bonchev–Trinajstić information content (AvgIpc) is 2.62. The van der Waals surface area contributed by atoms with E-state index in [1.165, 1.54) is 12.8 Å². The Labute approximate surface area is 115 Å². The zero-order valence-electron chi connectivity index (χ0n) is 11.6. The van der Waals surface area contributed by atoms with Crippen LogP contribution in [-0.2, 0) is 0 Å². The van der Waals surface area contributed by atoms with Crippen LogP contribution in [0.3, 0.4) is 0 Å². The Balaban J connectivity index is 1.98. The highest BCUT2D eigenvalue weighted by atomic mass is 16.3. The van der Waals surface area contributed by atoms with Gasteiger partial charge in [-0.25, -0.2) is 0 Å². The lowest BCUT2D eigenvalue weighted by Crippen LogP contribution is -2.36. The number of rotatable bonds is 3. The molecule has 19 heavy (non-hydrogen) atoms. The van der Waals surface area contributed by atoms with Gasteiger partial charge in [0.05, 0.1) is 17.2 Å². The minimum atomic E-state index is -0.571. The van der Waals surface area contributed by atoms with Gasteiger partial charge < -0.3 is 10.4 Å². The van der Waals surface area contributed by atoms with Gasteiger partial charge in [-0.15, -0.1) is 0 Å². The summed E-state index contributed by atoms with van der Waals surface area (Å²) in [5.41, 5.74) is 2.09. The quantitative estimate of drug-likeness (QED) is 0.817. The van der Waals surface area contributed by atoms with Crippen LogP contribution in [0.15, 0.2) is 18.2 Å². The van der Waals surface area contributed by atoms with Crippen molar-refractivity contribution in [1.29, 1.82) is 5.26 Å². The third-order valence-corrected chi connectivity index (χ3v) is 4.00. The molecule has 0 saturated heterocycles. The Kier molecular flexibility index (Phi) is 4.44. The molecule has 1 aromatic carbocycles. The molecule has 1 aliphatic rings. The van der Waals surface area contributed by atoms with Crippen molar-refractivity contribution in [3.05, 3.63) is 29.3 Å². The van der Waals surface area contributed by atoms with Crippen molar-refractivity contribution in [2.45, 2.75) is 51.0 Å². The number of anilines is 1. The van der Waals surface area contributed by atoms with Crippen molar-refractivity contribution in [2.75, 3.05) is 11.9 Å². The first-order valence-electron chi connectivity index (χ1n) is 7.10. The molecule has 0 heterocycles. The van der Waals surface area contributed by atoms with E-state index in [4.69, 9.17) is 5.26 Å². The lowest BCUT2D eigenvalue weighted by atomic mass is 9.94. The highest BCUT2D eigenvalue weighted by Crippen LogP contribution is 2.27. The predicted molar refractivity (Wildman–Crippen MR) is 77.0 cm³/mol. The van der Waals surface area contributed by atoms with Gasteiger partial charge in [-0.2, -0.15) is 5.26 Å². The smallest absolute Gasteiger partial charge is 0.0994 e. The van der Waals surface area contributed by atoms with Gasteiger partial charge in [0.2, 0.25) is 0 Å². The maximum Gasteiger partial charge on any atom is 0.0994 e. The highest BCUT2D eigenvalue weighted by molar-refractivity contribution is 5.51. The summed E-state index contributed by atoms with van der Waals surface area (Å²) >= 11 is 0. The van der Waals surface area contributed by atoms with Crippen LogP contribution in [0, 0.1) is 18.3 Å². The van der Waals surface area contributed by atoms with E-state index in [1.54, 1.807) is 0 Å². The predicted octanol–water partition coefficient (Wildman–Crippen LogP) is 3.36. The molecule has 0 atom stereocenters. The molecule has 0 radical (unpaired) electrons. The van der Waals surface area contributed by atoms with E-state index in [2.05, 4.69) is 11.4 Å². The second-order valence-corrected chi connectivity index (χ2v) is 5.63. The van der Waals surface area contributed by atoms with Crippen LogP contribution in [0.25, 0.3) is 0 Å². The zero-order valence-corrected chi connectivity index (χ0v) is 11.6. The number of aryl methyl sites for hydroxylation is 1. The summed E-state index contributed by atoms with van der Waals surface area (Å²) in [7, 11) is 0. The van der Waals surface area contributed by atoms with Crippen molar-refractivity contribution >= 4 is 5.69 Å². The third-order valence-electron chi connectivity index (χ3n) is 4.00. The molecule has 1 aliphatic carbocycles. The van der Waals surface area contributed by atoms with E-state index in [1.807, 2.05) is 25.1 Å². The largest absolute Gasteiger partial charge is 0.388 e. The topological polar surface area (TPSA) is 56.0 Å². The maximum atomic E-state index is 10.6. The lowest BCUT2D eigenvalue weighted by molar-refractivity contribution is 0.0381. The Bertz CT molecular complexity index is 468. The van der Waals surface area contributed by atoms with E-state index in [9.17, 15) is 5.11 Å². The minimum absolute atomic E-state index is 0.571. The highest BCUT2D eigenvalue weighted by Gasteiger charge is 2.27. The molecule has 1 fully saturated rings. The van der Waals surface area contributed by atoms with Crippen LogP contribution in [0.4, 0.5) is 5.69 Å². The molecule has 1 saturated carbocycles. The van der Waals surface area contributed by atoms with Gasteiger partial charge >= 0.3 is 0 Å². The fourth-order valence-electron chi connectivity index (χ4n) is 2.73. The Morgan fingerprint density at radius 1 is 1.26 bits per heavy atom. The first kappa shape index (κ1) is 13.9. The Morgan fingerprint density at radius 3 is 2.53 bits per heavy atom. The molecular formula is C16H22N2O. The SMILES string of the molecule is Cc1cc(NCC2(O)CCCCCC2)ccc1C#N. The first-order valence-corrected chi connectivity index (χ1v) is 7.10. The molecule has 0 amide bonds. The molecule has 0 spiro atoms. The Morgan fingerprint density at radius 2 is 1.95 bits per heavy atom. The van der Waals surface area contributed by atoms with Crippen molar-refractivity contribution in [3.8, 4) is 6.07 Å². The standard InChI is InChI=1S/C16H22N2O/c1-13-10-15(7-6-14(13)11-17)18-12-16(19)8-4-2-3-5-9-16/h6-7,10,18-19H,2-5,8-9,12H2,1H3. The van der Waals surface area contributed by atoms with Crippen LogP contribution >= 0.6 is 0 Å². The van der Waals surface area contributed by atoms with Gasteiger partial charge in [0.25, 0.3) is 0 Å². The lowest BCUT2D eigenvalue weighted by Gasteiger charge is -2.27. The summed E-state index contributed by atoms with van der Waals surface area (Å²) in [6.45, 7) is 2.53. The van der Waals surface area contributed by atoms with E-state index in [0.29, 0.717) is 12.1 Å². The Hall–Kier alpha value is -1.53. The van der Waals surface area contributed by atoms with Crippen molar-refractivity contribution in [3.63, 3.8) is 0 Å². The van der Waals surface area contributed by atoms with Crippen LogP contribution < -0.4 is 5.32 Å². The summed E-state index contributed by atoms with van der Waals surface area (Å²) in [5.74, 6) is 0. The average molecular weight is 258 g/mol. The molecule has 3 nitrogen and oxygen atoms in total. The third kappa shape index (κ3) is 3.71. The van der Waals surface area contributed by atoms with Gasteiger partial charge in [0, 0.05) is 12.2 Å². The number of benzene rings is 1. The molecule has 0 bridgehead atoms. The fraction of sp³-hybridized carbons (Fsp3) is 0.562. The molecule has 0 aromatic heterocycles. The summed E-state index contributed by atoms with van der Waals surface area (Å²) in [5, 5.41) is 22.8. The first-order chi connectivity index (χ1) is 9.13. The molecule has 0 aliphatic heterocycles. The van der Waals surface area contributed by atoms with E-state index >= 15 is 0 Å². The van der Waals surface area contributed by atoms with Gasteiger partial charge in [-0.1, -0.05) is 25.7 Å². The molecule has 2 N–H and O–H groups in total. The summed E-state index contributed by atoms with van der Waals surface area (Å²) < 4.78 is 0. The maximum absolute atomic E-state index is 10.6. The number of nitriles is 1. The molecule has 2 rings (SSSR count). The number of nitrogens with one attached hydrogen (secondary N) is 1. The van der Waals surface area contributed by atoms with Crippen LogP contribution in [0.5, 0.6) is 0 Å². The summed E-state index contributed by atoms with van der Waals surface area (Å²) in [6.07, 6.45) is 6.47. The minimum Gasteiger partial charge on any atom is -0.388 e. The molecule has 0 unspecified atom stereocenters. The van der Waals surface area contributed by atoms with Gasteiger partial charge in [0.15, 0.2) is 0 Å².